The van der Waals surface area contributed by atoms with Gasteiger partial charge in [-0.3, -0.25) is 0 Å². The Labute approximate surface area is 155 Å². The van der Waals surface area contributed by atoms with Gasteiger partial charge < -0.3 is 0 Å². The molecule has 2 aromatic rings. The van der Waals surface area contributed by atoms with E-state index in [1.807, 2.05) is 0 Å². The summed E-state index contributed by atoms with van der Waals surface area (Å²) in [5.41, 5.74) is 3.09. The maximum Gasteiger partial charge on any atom is 0.159 e. The molecule has 0 radical (unpaired) electrons. The average Bonchev–Trinajstić information content (AvgIpc) is 2.69. The summed E-state index contributed by atoms with van der Waals surface area (Å²) in [7, 11) is 0. The van der Waals surface area contributed by atoms with Gasteiger partial charge in [-0.2, -0.15) is 0 Å². The van der Waals surface area contributed by atoms with Gasteiger partial charge in [0.2, 0.25) is 0 Å². The van der Waals surface area contributed by atoms with Gasteiger partial charge >= 0.3 is 0 Å². The lowest BCUT2D eigenvalue weighted by Gasteiger charge is -2.42. The predicted molar refractivity (Wildman–Crippen MR) is 103 cm³/mol. The first-order valence-electron chi connectivity index (χ1n) is 10.2. The molecule has 4 atom stereocenters. The maximum absolute atomic E-state index is 13.5. The van der Waals surface area contributed by atoms with Gasteiger partial charge in [0.1, 0.15) is 0 Å². The minimum atomic E-state index is -0.792. The number of halogens is 2. The van der Waals surface area contributed by atoms with Crippen LogP contribution in [0.2, 0.25) is 0 Å². The van der Waals surface area contributed by atoms with E-state index in [1.165, 1.54) is 62.6 Å². The van der Waals surface area contributed by atoms with Gasteiger partial charge in [0.05, 0.1) is 0 Å². The standard InChI is InChI=1S/C24H28F2/c1-2-16-3-4-21-14-20(10-9-19(21)13-16)17-5-7-18(8-6-17)22-11-12-23(25)24(26)15-22/h5-8,11-12,15-16,19-21H,2-4,9-10,13-14H2,1H3/t16?,19-,20-,21-/m1/s1. The first-order chi connectivity index (χ1) is 12.6. The van der Waals surface area contributed by atoms with E-state index in [2.05, 4.69) is 31.2 Å². The van der Waals surface area contributed by atoms with Crippen molar-refractivity contribution in [2.24, 2.45) is 17.8 Å². The second kappa shape index (κ2) is 7.50. The molecule has 0 aromatic heterocycles. The Kier molecular flexibility index (Phi) is 5.11. The van der Waals surface area contributed by atoms with Crippen molar-refractivity contribution in [3.8, 4) is 11.1 Å². The van der Waals surface area contributed by atoms with Crippen molar-refractivity contribution in [2.45, 2.75) is 57.8 Å². The lowest BCUT2D eigenvalue weighted by atomic mass is 9.63. The number of benzene rings is 2. The van der Waals surface area contributed by atoms with E-state index in [1.54, 1.807) is 6.07 Å². The molecule has 0 saturated heterocycles. The van der Waals surface area contributed by atoms with Crippen LogP contribution >= 0.6 is 0 Å². The highest BCUT2D eigenvalue weighted by Crippen LogP contribution is 2.48. The summed E-state index contributed by atoms with van der Waals surface area (Å²) >= 11 is 0. The van der Waals surface area contributed by atoms with E-state index >= 15 is 0 Å². The number of hydrogen-bond acceptors (Lipinski definition) is 0. The van der Waals surface area contributed by atoms with Crippen LogP contribution in [0.5, 0.6) is 0 Å². The van der Waals surface area contributed by atoms with Gasteiger partial charge in [0.25, 0.3) is 0 Å². The van der Waals surface area contributed by atoms with Crippen LogP contribution in [-0.4, -0.2) is 0 Å². The molecule has 0 aliphatic heterocycles. The Balaban J connectivity index is 1.45. The SMILES string of the molecule is CCC1CC[C@@H]2C[C@H](c3ccc(-c4ccc(F)c(F)c4)cc3)CC[C@@H]2C1. The molecule has 2 aromatic carbocycles. The van der Waals surface area contributed by atoms with Gasteiger partial charge in [-0.15, -0.1) is 0 Å². The molecule has 4 rings (SSSR count). The molecule has 2 heteroatoms. The fourth-order valence-corrected chi connectivity index (χ4v) is 5.28. The molecule has 0 nitrogen and oxygen atoms in total. The summed E-state index contributed by atoms with van der Waals surface area (Å²) in [5.74, 6) is 1.90. The summed E-state index contributed by atoms with van der Waals surface area (Å²) in [5, 5.41) is 0. The van der Waals surface area contributed by atoms with Crippen LogP contribution in [0.25, 0.3) is 11.1 Å². The molecule has 0 heterocycles. The van der Waals surface area contributed by atoms with Crippen LogP contribution in [0.4, 0.5) is 8.78 Å². The van der Waals surface area contributed by atoms with Gasteiger partial charge in [-0.25, -0.2) is 8.78 Å². The lowest BCUT2D eigenvalue weighted by molar-refractivity contribution is 0.116. The molecule has 1 unspecified atom stereocenters. The van der Waals surface area contributed by atoms with E-state index < -0.39 is 11.6 Å². The third kappa shape index (κ3) is 3.56. The Morgan fingerprint density at radius 1 is 0.769 bits per heavy atom. The van der Waals surface area contributed by atoms with Gasteiger partial charge in [0.15, 0.2) is 11.6 Å². The molecule has 2 saturated carbocycles. The van der Waals surface area contributed by atoms with Crippen molar-refractivity contribution in [2.75, 3.05) is 0 Å². The summed E-state index contributed by atoms with van der Waals surface area (Å²) in [4.78, 5) is 0. The second-order valence-electron chi connectivity index (χ2n) is 8.37. The maximum atomic E-state index is 13.5. The third-order valence-corrected chi connectivity index (χ3v) is 6.93. The number of fused-ring (bicyclic) bond motifs is 1. The monoisotopic (exact) mass is 354 g/mol. The molecule has 138 valence electrons. The highest BCUT2D eigenvalue weighted by atomic mass is 19.2. The van der Waals surface area contributed by atoms with Crippen molar-refractivity contribution in [1.82, 2.24) is 0 Å². The Morgan fingerprint density at radius 2 is 1.46 bits per heavy atom. The Bertz CT molecular complexity index is 749. The Hall–Kier alpha value is -1.70. The van der Waals surface area contributed by atoms with Gasteiger partial charge in [0, 0.05) is 0 Å². The minimum Gasteiger partial charge on any atom is -0.204 e. The van der Waals surface area contributed by atoms with Crippen molar-refractivity contribution in [1.29, 1.82) is 0 Å². The zero-order chi connectivity index (χ0) is 18.1. The zero-order valence-electron chi connectivity index (χ0n) is 15.6. The van der Waals surface area contributed by atoms with Crippen LogP contribution in [0.1, 0.15) is 63.4 Å². The predicted octanol–water partition coefficient (Wildman–Crippen LogP) is 7.34. The number of hydrogen-bond donors (Lipinski definition) is 0. The molecule has 2 aliphatic carbocycles. The molecule has 0 spiro atoms. The van der Waals surface area contributed by atoms with Gasteiger partial charge in [-0.05, 0) is 84.6 Å². The minimum absolute atomic E-state index is 0.661. The molecule has 0 amide bonds. The zero-order valence-corrected chi connectivity index (χ0v) is 15.6. The summed E-state index contributed by atoms with van der Waals surface area (Å²) in [6, 6.07) is 12.6. The van der Waals surface area contributed by atoms with Crippen molar-refractivity contribution in [3.05, 3.63) is 59.7 Å². The van der Waals surface area contributed by atoms with E-state index in [9.17, 15) is 8.78 Å². The highest BCUT2D eigenvalue weighted by Gasteiger charge is 2.35. The lowest BCUT2D eigenvalue weighted by Crippen LogP contribution is -2.30. The topological polar surface area (TPSA) is 0 Å². The molecular weight excluding hydrogens is 326 g/mol. The molecule has 2 fully saturated rings. The Morgan fingerprint density at radius 3 is 2.19 bits per heavy atom. The molecule has 26 heavy (non-hydrogen) atoms. The van der Waals surface area contributed by atoms with E-state index in [4.69, 9.17) is 0 Å². The summed E-state index contributed by atoms with van der Waals surface area (Å²) in [6.45, 7) is 2.34. The molecule has 2 aliphatic rings. The quantitative estimate of drug-likeness (QED) is 0.541. The van der Waals surface area contributed by atoms with E-state index in [-0.39, 0.29) is 0 Å². The molecule has 0 N–H and O–H groups in total. The number of rotatable bonds is 3. The van der Waals surface area contributed by atoms with Crippen LogP contribution in [0.3, 0.4) is 0 Å². The smallest absolute Gasteiger partial charge is 0.159 e. The average molecular weight is 354 g/mol. The first kappa shape index (κ1) is 17.7. The largest absolute Gasteiger partial charge is 0.204 e. The molecule has 0 bridgehead atoms. The molecular formula is C24H28F2. The van der Waals surface area contributed by atoms with Gasteiger partial charge in [-0.1, -0.05) is 50.1 Å². The fraction of sp³-hybridized carbons (Fsp3) is 0.500. The second-order valence-corrected chi connectivity index (χ2v) is 8.37. The van der Waals surface area contributed by atoms with Crippen LogP contribution in [0.15, 0.2) is 42.5 Å². The van der Waals surface area contributed by atoms with Crippen LogP contribution in [-0.2, 0) is 0 Å². The van der Waals surface area contributed by atoms with Crippen LogP contribution < -0.4 is 0 Å². The van der Waals surface area contributed by atoms with Crippen molar-refractivity contribution < 1.29 is 8.78 Å². The highest BCUT2D eigenvalue weighted by molar-refractivity contribution is 5.63. The van der Waals surface area contributed by atoms with Crippen molar-refractivity contribution >= 4 is 0 Å². The normalized spacial score (nSPS) is 28.6. The fourth-order valence-electron chi connectivity index (χ4n) is 5.28. The summed E-state index contributed by atoms with van der Waals surface area (Å²) in [6.07, 6.45) is 9.61. The van der Waals surface area contributed by atoms with E-state index in [0.717, 1.165) is 28.9 Å². The van der Waals surface area contributed by atoms with Crippen molar-refractivity contribution in [3.63, 3.8) is 0 Å². The van der Waals surface area contributed by atoms with Crippen LogP contribution in [0, 0.1) is 29.4 Å². The first-order valence-corrected chi connectivity index (χ1v) is 10.2. The third-order valence-electron chi connectivity index (χ3n) is 6.93. The van der Waals surface area contributed by atoms with E-state index in [0.29, 0.717) is 5.92 Å². The summed E-state index contributed by atoms with van der Waals surface area (Å²) < 4.78 is 26.6.